The Kier molecular flexibility index (Phi) is 9.00. The number of fused-ring (bicyclic) bond motifs is 1. The van der Waals surface area contributed by atoms with Gasteiger partial charge >= 0.3 is 0 Å². The number of sulfone groups is 1. The second kappa shape index (κ2) is 11.0. The van der Waals surface area contributed by atoms with Crippen LogP contribution in [-0.2, 0) is 21.1 Å². The van der Waals surface area contributed by atoms with Crippen LogP contribution in [0.1, 0.15) is 19.4 Å². The minimum absolute atomic E-state index is 0. The Labute approximate surface area is 194 Å². The second-order valence-electron chi connectivity index (χ2n) is 7.13. The lowest BCUT2D eigenvalue weighted by atomic mass is 10.1. The smallest absolute Gasteiger partial charge is 0.233 e. The number of aromatic nitrogens is 1. The minimum atomic E-state index is -3.30. The molecule has 0 spiro atoms. The Hall–Kier alpha value is -2.00. The summed E-state index contributed by atoms with van der Waals surface area (Å²) >= 11 is 1.35. The molecule has 0 bridgehead atoms. The number of anilines is 1. The van der Waals surface area contributed by atoms with Crippen molar-refractivity contribution in [3.8, 4) is 0 Å². The van der Waals surface area contributed by atoms with Crippen LogP contribution in [0.15, 0.2) is 53.4 Å². The van der Waals surface area contributed by atoms with Crippen LogP contribution in [0.3, 0.4) is 0 Å². The molecule has 0 aliphatic carbocycles. The predicted molar refractivity (Wildman–Crippen MR) is 130 cm³/mol. The number of thiazole rings is 1. The van der Waals surface area contributed by atoms with Crippen LogP contribution in [0.2, 0.25) is 0 Å². The highest BCUT2D eigenvalue weighted by Gasteiger charge is 2.21. The quantitative estimate of drug-likeness (QED) is 0.461. The molecule has 3 aromatic rings. The lowest BCUT2D eigenvalue weighted by molar-refractivity contribution is -0.118. The molecule has 0 fully saturated rings. The van der Waals surface area contributed by atoms with Gasteiger partial charge in [0.15, 0.2) is 15.0 Å². The number of amides is 1. The number of carbonyl (C=O) groups excluding carboxylic acids is 1. The summed E-state index contributed by atoms with van der Waals surface area (Å²) in [6, 6.07) is 14.6. The first kappa shape index (κ1) is 25.3. The van der Waals surface area contributed by atoms with Gasteiger partial charge in [-0.15, -0.1) is 12.4 Å². The average molecular weight is 482 g/mol. The van der Waals surface area contributed by atoms with Crippen LogP contribution >= 0.6 is 23.7 Å². The van der Waals surface area contributed by atoms with Crippen molar-refractivity contribution >= 4 is 54.8 Å². The monoisotopic (exact) mass is 481 g/mol. The Bertz CT molecular complexity index is 1110. The fraction of sp³-hybridized carbons (Fsp3) is 0.364. The standard InChI is InChI=1S/C22H27N3O3S2.ClH/c1-4-24(5-2)13-14-25(21(26)15-17-9-7-6-8-10-17)22-23-19-12-11-18(30(3,27)28)16-20(19)29-22;/h6-12,16H,4-5,13-15H2,1-3H3;1H. The fourth-order valence-corrected chi connectivity index (χ4v) is 4.98. The van der Waals surface area contributed by atoms with Crippen LogP contribution in [-0.4, -0.2) is 56.6 Å². The van der Waals surface area contributed by atoms with Gasteiger partial charge in [-0.05, 0) is 36.9 Å². The van der Waals surface area contributed by atoms with E-state index in [0.29, 0.717) is 23.6 Å². The minimum Gasteiger partial charge on any atom is -0.302 e. The average Bonchev–Trinajstić information content (AvgIpc) is 3.14. The molecule has 2 aromatic carbocycles. The third-order valence-electron chi connectivity index (χ3n) is 5.04. The summed E-state index contributed by atoms with van der Waals surface area (Å²) in [4.78, 5) is 22.1. The maximum atomic E-state index is 13.2. The van der Waals surface area contributed by atoms with Gasteiger partial charge in [0.05, 0.1) is 21.5 Å². The molecular formula is C22H28ClN3O3S2. The third-order valence-corrected chi connectivity index (χ3v) is 7.19. The SMILES string of the molecule is CCN(CC)CCN(C(=O)Cc1ccccc1)c1nc2ccc(S(C)(=O)=O)cc2s1.Cl. The van der Waals surface area contributed by atoms with Gasteiger partial charge in [0.1, 0.15) is 0 Å². The number of likely N-dealkylation sites (N-methyl/N-ethyl adjacent to an activating group) is 1. The second-order valence-corrected chi connectivity index (χ2v) is 10.2. The van der Waals surface area contributed by atoms with Gasteiger partial charge in [-0.25, -0.2) is 13.4 Å². The van der Waals surface area contributed by atoms with Crippen LogP contribution in [0, 0.1) is 0 Å². The fourth-order valence-electron chi connectivity index (χ4n) is 3.21. The number of nitrogens with zero attached hydrogens (tertiary/aromatic N) is 3. The lowest BCUT2D eigenvalue weighted by Crippen LogP contribution is -2.39. The van der Waals surface area contributed by atoms with Crippen LogP contribution in [0.5, 0.6) is 0 Å². The van der Waals surface area contributed by atoms with E-state index in [1.54, 1.807) is 23.1 Å². The summed E-state index contributed by atoms with van der Waals surface area (Å²) in [5.41, 5.74) is 1.65. The first-order valence-electron chi connectivity index (χ1n) is 9.99. The first-order valence-corrected chi connectivity index (χ1v) is 12.7. The van der Waals surface area contributed by atoms with Gasteiger partial charge in [-0.1, -0.05) is 55.5 Å². The van der Waals surface area contributed by atoms with Crippen LogP contribution in [0.4, 0.5) is 5.13 Å². The molecule has 0 N–H and O–H groups in total. The Morgan fingerprint density at radius 1 is 1.03 bits per heavy atom. The number of hydrogen-bond donors (Lipinski definition) is 0. The van der Waals surface area contributed by atoms with E-state index in [9.17, 15) is 13.2 Å². The first-order chi connectivity index (χ1) is 14.3. The van der Waals surface area contributed by atoms with Crippen molar-refractivity contribution < 1.29 is 13.2 Å². The van der Waals surface area contributed by atoms with Crippen molar-refractivity contribution in [2.45, 2.75) is 25.2 Å². The van der Waals surface area contributed by atoms with E-state index >= 15 is 0 Å². The molecule has 0 aliphatic rings. The van der Waals surface area contributed by atoms with Gasteiger partial charge in [-0.2, -0.15) is 0 Å². The number of hydrogen-bond acceptors (Lipinski definition) is 6. The molecular weight excluding hydrogens is 454 g/mol. The molecule has 0 saturated carbocycles. The number of carbonyl (C=O) groups is 1. The van der Waals surface area contributed by atoms with E-state index in [0.717, 1.165) is 29.9 Å². The summed E-state index contributed by atoms with van der Waals surface area (Å²) < 4.78 is 24.5. The zero-order valence-electron chi connectivity index (χ0n) is 17.9. The molecule has 0 atom stereocenters. The summed E-state index contributed by atoms with van der Waals surface area (Å²) in [7, 11) is -3.30. The molecule has 9 heteroatoms. The van der Waals surface area contributed by atoms with Gasteiger partial charge in [0, 0.05) is 19.3 Å². The number of rotatable bonds is 9. The van der Waals surface area contributed by atoms with Gasteiger partial charge < -0.3 is 4.90 Å². The summed E-state index contributed by atoms with van der Waals surface area (Å²) in [5.74, 6) is -0.0178. The van der Waals surface area contributed by atoms with Gasteiger partial charge in [0.2, 0.25) is 5.91 Å². The maximum absolute atomic E-state index is 13.2. The normalized spacial score (nSPS) is 11.5. The van der Waals surface area contributed by atoms with Crippen molar-refractivity contribution in [1.82, 2.24) is 9.88 Å². The van der Waals surface area contributed by atoms with E-state index in [1.165, 1.54) is 17.6 Å². The van der Waals surface area contributed by atoms with Crippen molar-refractivity contribution in [3.63, 3.8) is 0 Å². The molecule has 168 valence electrons. The molecule has 0 unspecified atom stereocenters. The van der Waals surface area contributed by atoms with Crippen LogP contribution in [0.25, 0.3) is 10.2 Å². The molecule has 1 heterocycles. The Balaban J connectivity index is 0.00000341. The molecule has 1 amide bonds. The topological polar surface area (TPSA) is 70.6 Å². The van der Waals surface area contributed by atoms with Crippen molar-refractivity contribution in [1.29, 1.82) is 0 Å². The molecule has 0 radical (unpaired) electrons. The molecule has 31 heavy (non-hydrogen) atoms. The maximum Gasteiger partial charge on any atom is 0.233 e. The predicted octanol–water partition coefficient (Wildman–Crippen LogP) is 4.04. The molecule has 0 aliphatic heterocycles. The summed E-state index contributed by atoms with van der Waals surface area (Å²) in [6.45, 7) is 7.31. The summed E-state index contributed by atoms with van der Waals surface area (Å²) in [5, 5.41) is 0.601. The highest BCUT2D eigenvalue weighted by molar-refractivity contribution is 7.90. The van der Waals surface area contributed by atoms with E-state index in [4.69, 9.17) is 0 Å². The molecule has 3 rings (SSSR count). The van der Waals surface area contributed by atoms with E-state index < -0.39 is 9.84 Å². The zero-order chi connectivity index (χ0) is 21.7. The third kappa shape index (κ3) is 6.49. The molecule has 1 aromatic heterocycles. The lowest BCUT2D eigenvalue weighted by Gasteiger charge is -2.24. The Morgan fingerprint density at radius 2 is 1.71 bits per heavy atom. The highest BCUT2D eigenvalue weighted by atomic mass is 35.5. The Morgan fingerprint density at radius 3 is 2.32 bits per heavy atom. The van der Waals surface area contributed by atoms with Gasteiger partial charge in [0.25, 0.3) is 0 Å². The number of halogens is 1. The molecule has 0 saturated heterocycles. The van der Waals surface area contributed by atoms with E-state index in [1.807, 2.05) is 30.3 Å². The van der Waals surface area contributed by atoms with Gasteiger partial charge in [-0.3, -0.25) is 9.69 Å². The van der Waals surface area contributed by atoms with E-state index in [-0.39, 0.29) is 23.2 Å². The summed E-state index contributed by atoms with van der Waals surface area (Å²) in [6.07, 6.45) is 1.49. The molecule has 6 nitrogen and oxygen atoms in total. The van der Waals surface area contributed by atoms with Crippen molar-refractivity contribution in [2.75, 3.05) is 37.3 Å². The van der Waals surface area contributed by atoms with Crippen LogP contribution < -0.4 is 4.90 Å². The van der Waals surface area contributed by atoms with Crippen molar-refractivity contribution in [3.05, 3.63) is 54.1 Å². The zero-order valence-corrected chi connectivity index (χ0v) is 20.4. The van der Waals surface area contributed by atoms with E-state index in [2.05, 4.69) is 23.7 Å². The largest absolute Gasteiger partial charge is 0.302 e. The van der Waals surface area contributed by atoms with Crippen molar-refractivity contribution in [2.24, 2.45) is 0 Å². The highest BCUT2D eigenvalue weighted by Crippen LogP contribution is 2.31. The number of benzene rings is 2.